The molecule has 1 heterocycles. The van der Waals surface area contributed by atoms with E-state index in [0.29, 0.717) is 31.9 Å². The van der Waals surface area contributed by atoms with Gasteiger partial charge in [0.25, 0.3) is 5.69 Å². The Morgan fingerprint density at radius 2 is 1.57 bits per heavy atom. The molecular weight excluding hydrogens is 408 g/mol. The van der Waals surface area contributed by atoms with Crippen molar-refractivity contribution in [2.24, 2.45) is 0 Å². The number of para-hydroxylation sites is 2. The molecule has 0 atom stereocenters. The molecule has 0 spiro atoms. The number of piperazine rings is 1. The number of phenols is 1. The summed E-state index contributed by atoms with van der Waals surface area (Å²) in [5.74, 6) is 0.192. The molecule has 2 N–H and O–H groups in total. The molecule has 0 saturated carbocycles. The Balaban J connectivity index is 1.83. The van der Waals surface area contributed by atoms with Crippen LogP contribution in [0.5, 0.6) is 5.75 Å². The zero-order valence-electron chi connectivity index (χ0n) is 17.2. The third-order valence-electron chi connectivity index (χ3n) is 4.74. The molecule has 1 saturated heterocycles. The molecule has 0 radical (unpaired) electrons. The Morgan fingerprint density at radius 1 is 1.00 bits per heavy atom. The number of nitrogens with one attached hydrogen (secondary N) is 1. The van der Waals surface area contributed by atoms with Gasteiger partial charge in [-0.05, 0) is 45.0 Å². The number of sulfonamides is 1. The molecule has 2 aromatic carbocycles. The van der Waals surface area contributed by atoms with Crippen LogP contribution >= 0.6 is 0 Å². The smallest absolute Gasteiger partial charge is 0.293 e. The Hall–Kier alpha value is -2.85. The van der Waals surface area contributed by atoms with E-state index in [-0.39, 0.29) is 16.3 Å². The number of rotatable bonds is 5. The first kappa shape index (κ1) is 21.8. The molecule has 3 rings (SSSR count). The van der Waals surface area contributed by atoms with Crippen LogP contribution in [0.3, 0.4) is 0 Å². The first-order chi connectivity index (χ1) is 14.0. The van der Waals surface area contributed by atoms with Crippen molar-refractivity contribution in [1.82, 2.24) is 4.72 Å². The number of aromatic hydroxyl groups is 1. The van der Waals surface area contributed by atoms with Crippen LogP contribution in [0.2, 0.25) is 0 Å². The van der Waals surface area contributed by atoms with Crippen molar-refractivity contribution in [3.63, 3.8) is 0 Å². The quantitative estimate of drug-likeness (QED) is 0.549. The van der Waals surface area contributed by atoms with Gasteiger partial charge in [-0.2, -0.15) is 0 Å². The third-order valence-corrected chi connectivity index (χ3v) is 6.49. The molecule has 162 valence electrons. The van der Waals surface area contributed by atoms with E-state index in [2.05, 4.69) is 4.72 Å². The zero-order valence-corrected chi connectivity index (χ0v) is 18.0. The summed E-state index contributed by atoms with van der Waals surface area (Å²) < 4.78 is 27.6. The van der Waals surface area contributed by atoms with Gasteiger partial charge in [-0.15, -0.1) is 0 Å². The van der Waals surface area contributed by atoms with E-state index in [0.717, 1.165) is 11.8 Å². The highest BCUT2D eigenvalue weighted by Crippen LogP contribution is 2.33. The molecule has 2 aromatic rings. The van der Waals surface area contributed by atoms with Crippen LogP contribution in [0, 0.1) is 10.1 Å². The molecule has 0 aliphatic carbocycles. The van der Waals surface area contributed by atoms with Crippen LogP contribution in [-0.4, -0.2) is 50.2 Å². The summed E-state index contributed by atoms with van der Waals surface area (Å²) in [5.41, 5.74) is 0.154. The van der Waals surface area contributed by atoms with Crippen molar-refractivity contribution in [2.75, 3.05) is 36.0 Å². The van der Waals surface area contributed by atoms with E-state index >= 15 is 0 Å². The molecule has 30 heavy (non-hydrogen) atoms. The Bertz CT molecular complexity index is 1040. The standard InChI is InChI=1S/C20H26N4O5S/c1-20(2,3)21-30(28,29)15-8-9-16(18(14-15)24(26)27)22-10-12-23(13-11-22)17-6-4-5-7-19(17)25/h4-9,14,21,25H,10-13H2,1-3H3. The van der Waals surface area contributed by atoms with Crippen molar-refractivity contribution in [3.8, 4) is 5.75 Å². The summed E-state index contributed by atoms with van der Waals surface area (Å²) in [4.78, 5) is 14.9. The normalized spacial score (nSPS) is 15.3. The number of benzene rings is 2. The van der Waals surface area contributed by atoms with Crippen LogP contribution < -0.4 is 14.5 Å². The fourth-order valence-electron chi connectivity index (χ4n) is 3.47. The van der Waals surface area contributed by atoms with Gasteiger partial charge in [-0.25, -0.2) is 13.1 Å². The number of nitrogens with zero attached hydrogens (tertiary/aromatic N) is 3. The largest absolute Gasteiger partial charge is 0.506 e. The molecular formula is C20H26N4O5S. The predicted octanol–water partition coefficient (Wildman–Crippen LogP) is 2.70. The maximum atomic E-state index is 12.6. The molecule has 0 bridgehead atoms. The van der Waals surface area contributed by atoms with Gasteiger partial charge in [0.1, 0.15) is 11.4 Å². The second-order valence-corrected chi connectivity index (χ2v) is 9.91. The van der Waals surface area contributed by atoms with Crippen LogP contribution in [0.25, 0.3) is 0 Å². The van der Waals surface area contributed by atoms with E-state index in [4.69, 9.17) is 0 Å². The van der Waals surface area contributed by atoms with Crippen molar-refractivity contribution in [3.05, 3.63) is 52.6 Å². The van der Waals surface area contributed by atoms with Crippen LogP contribution in [0.15, 0.2) is 47.4 Å². The molecule has 9 nitrogen and oxygen atoms in total. The van der Waals surface area contributed by atoms with E-state index in [1.807, 2.05) is 21.9 Å². The molecule has 1 aliphatic rings. The van der Waals surface area contributed by atoms with Gasteiger partial charge in [0.05, 0.1) is 15.5 Å². The number of nitro benzene ring substituents is 1. The fraction of sp³-hybridized carbons (Fsp3) is 0.400. The van der Waals surface area contributed by atoms with Crippen molar-refractivity contribution in [1.29, 1.82) is 0 Å². The lowest BCUT2D eigenvalue weighted by molar-refractivity contribution is -0.384. The lowest BCUT2D eigenvalue weighted by Crippen LogP contribution is -2.46. The molecule has 1 aliphatic heterocycles. The summed E-state index contributed by atoms with van der Waals surface area (Å²) in [6.07, 6.45) is 0. The topological polar surface area (TPSA) is 116 Å². The monoisotopic (exact) mass is 434 g/mol. The number of anilines is 2. The molecule has 0 aromatic heterocycles. The molecule has 1 fully saturated rings. The summed E-state index contributed by atoms with van der Waals surface area (Å²) in [7, 11) is -3.88. The summed E-state index contributed by atoms with van der Waals surface area (Å²) in [6.45, 7) is 7.26. The lowest BCUT2D eigenvalue weighted by atomic mass is 10.1. The highest BCUT2D eigenvalue weighted by Gasteiger charge is 2.29. The summed E-state index contributed by atoms with van der Waals surface area (Å²) >= 11 is 0. The summed E-state index contributed by atoms with van der Waals surface area (Å²) in [6, 6.07) is 11.0. The Morgan fingerprint density at radius 3 is 2.10 bits per heavy atom. The maximum Gasteiger partial charge on any atom is 0.293 e. The number of hydrogen-bond donors (Lipinski definition) is 2. The third kappa shape index (κ3) is 4.82. The number of hydrogen-bond acceptors (Lipinski definition) is 7. The van der Waals surface area contributed by atoms with Crippen molar-refractivity contribution < 1.29 is 18.4 Å². The van der Waals surface area contributed by atoms with Crippen LogP contribution in [-0.2, 0) is 10.0 Å². The van der Waals surface area contributed by atoms with E-state index in [9.17, 15) is 23.6 Å². The second-order valence-electron chi connectivity index (χ2n) is 8.23. The van der Waals surface area contributed by atoms with Crippen LogP contribution in [0.1, 0.15) is 20.8 Å². The average Bonchev–Trinajstić information content (AvgIpc) is 2.66. The van der Waals surface area contributed by atoms with Crippen LogP contribution in [0.4, 0.5) is 17.1 Å². The Labute approximate surface area is 176 Å². The van der Waals surface area contributed by atoms with Gasteiger partial charge >= 0.3 is 0 Å². The lowest BCUT2D eigenvalue weighted by Gasteiger charge is -2.37. The van der Waals surface area contributed by atoms with E-state index in [1.54, 1.807) is 32.9 Å². The molecule has 0 amide bonds. The van der Waals surface area contributed by atoms with Gasteiger partial charge in [0, 0.05) is 37.8 Å². The number of phenolic OH excluding ortho intramolecular Hbond substituents is 1. The zero-order chi connectivity index (χ0) is 22.1. The first-order valence-electron chi connectivity index (χ1n) is 9.58. The van der Waals surface area contributed by atoms with Crippen molar-refractivity contribution in [2.45, 2.75) is 31.2 Å². The number of nitro groups is 1. The molecule has 10 heteroatoms. The Kier molecular flexibility index (Phi) is 5.91. The first-order valence-corrected chi connectivity index (χ1v) is 11.1. The highest BCUT2D eigenvalue weighted by atomic mass is 32.2. The predicted molar refractivity (Wildman–Crippen MR) is 116 cm³/mol. The minimum Gasteiger partial charge on any atom is -0.506 e. The minimum absolute atomic E-state index is 0.138. The van der Waals surface area contributed by atoms with Gasteiger partial charge in [0.15, 0.2) is 0 Å². The van der Waals surface area contributed by atoms with Gasteiger partial charge in [-0.3, -0.25) is 10.1 Å². The fourth-order valence-corrected chi connectivity index (χ4v) is 4.90. The summed E-state index contributed by atoms with van der Waals surface area (Å²) in [5, 5.41) is 21.7. The average molecular weight is 435 g/mol. The molecule has 0 unspecified atom stereocenters. The SMILES string of the molecule is CC(C)(C)NS(=O)(=O)c1ccc(N2CCN(c3ccccc3O)CC2)c([N+](=O)[O-])c1. The highest BCUT2D eigenvalue weighted by molar-refractivity contribution is 7.89. The van der Waals surface area contributed by atoms with Gasteiger partial charge in [-0.1, -0.05) is 12.1 Å². The van der Waals surface area contributed by atoms with Gasteiger partial charge < -0.3 is 14.9 Å². The van der Waals surface area contributed by atoms with E-state index < -0.39 is 20.5 Å². The maximum absolute atomic E-state index is 12.6. The van der Waals surface area contributed by atoms with Crippen molar-refractivity contribution >= 4 is 27.1 Å². The minimum atomic E-state index is -3.88. The van der Waals surface area contributed by atoms with E-state index in [1.165, 1.54) is 12.1 Å². The second kappa shape index (κ2) is 8.11. The van der Waals surface area contributed by atoms with Gasteiger partial charge in [0.2, 0.25) is 10.0 Å².